The van der Waals surface area contributed by atoms with Crippen molar-refractivity contribution in [2.75, 3.05) is 44.7 Å². The van der Waals surface area contributed by atoms with Gasteiger partial charge < -0.3 is 51.7 Å². The number of aromatic nitrogens is 3. The number of nitrogens with one attached hydrogen (secondary N) is 7. The van der Waals surface area contributed by atoms with E-state index in [0.29, 0.717) is 81.1 Å². The molecule has 4 aromatic rings. The zero-order chi connectivity index (χ0) is 47.5. The lowest BCUT2D eigenvalue weighted by molar-refractivity contribution is -0.138. The van der Waals surface area contributed by atoms with E-state index in [1.807, 2.05) is 13.8 Å². The lowest BCUT2D eigenvalue weighted by Gasteiger charge is -2.19. The van der Waals surface area contributed by atoms with E-state index in [1.165, 1.54) is 6.20 Å². The number of benzene rings is 2. The van der Waals surface area contributed by atoms with Gasteiger partial charge in [0.15, 0.2) is 5.95 Å². The number of fused-ring (bicyclic) bond motifs is 1. The molecule has 0 radical (unpaired) electrons. The number of carboxylic acids is 1. The van der Waals surface area contributed by atoms with Crippen molar-refractivity contribution in [3.8, 4) is 0 Å². The molecule has 0 fully saturated rings. The fraction of sp³-hybridized carbons (Fsp3) is 0.477. The number of H-pyrrole nitrogens is 1. The highest BCUT2D eigenvalue weighted by Crippen LogP contribution is 2.22. The number of hydrogen-bond acceptors (Lipinski definition) is 12. The lowest BCUT2D eigenvalue weighted by atomic mass is 10.1. The van der Waals surface area contributed by atoms with Crippen LogP contribution in [0.3, 0.4) is 0 Å². The van der Waals surface area contributed by atoms with Gasteiger partial charge in [-0.2, -0.15) is 4.72 Å². The van der Waals surface area contributed by atoms with Crippen molar-refractivity contribution in [2.24, 2.45) is 5.73 Å². The topological polar surface area (TPSA) is 298 Å². The van der Waals surface area contributed by atoms with Crippen molar-refractivity contribution in [3.05, 3.63) is 87.0 Å². The number of rotatable bonds is 28. The quantitative estimate of drug-likeness (QED) is 0.0368. The van der Waals surface area contributed by atoms with E-state index in [9.17, 15) is 42.3 Å². The molecule has 4 amide bonds. The predicted octanol–water partition coefficient (Wildman–Crippen LogP) is 1.87. The zero-order valence-electron chi connectivity index (χ0n) is 37.4. The second-order valence-corrected chi connectivity index (χ2v) is 17.4. The van der Waals surface area contributed by atoms with Crippen LogP contribution in [0.4, 0.5) is 5.95 Å². The Bertz CT molecular complexity index is 2420. The molecule has 0 bridgehead atoms. The van der Waals surface area contributed by atoms with Gasteiger partial charge in [0.1, 0.15) is 11.6 Å². The largest absolute Gasteiger partial charge is 0.480 e. The first kappa shape index (κ1) is 51.5. The summed E-state index contributed by atoms with van der Waals surface area (Å²) >= 11 is 0. The van der Waals surface area contributed by atoms with Gasteiger partial charge in [-0.3, -0.25) is 28.8 Å². The first-order chi connectivity index (χ1) is 31.0. The number of amides is 4. The number of nitrogens with two attached hydrogens (primary N) is 1. The third kappa shape index (κ3) is 16.1. The number of sulfonamides is 1. The molecule has 2 aromatic heterocycles. The van der Waals surface area contributed by atoms with Crippen LogP contribution in [0.1, 0.15) is 84.5 Å². The second kappa shape index (κ2) is 25.4. The number of ether oxygens (including phenoxy) is 1. The highest BCUT2D eigenvalue weighted by molar-refractivity contribution is 7.89. The monoisotopic (exact) mass is 922 g/mol. The molecule has 4 rings (SSSR count). The fourth-order valence-electron chi connectivity index (χ4n) is 7.09. The Morgan fingerprint density at radius 1 is 0.908 bits per heavy atom. The van der Waals surface area contributed by atoms with Crippen LogP contribution in [-0.4, -0.2) is 109 Å². The first-order valence-electron chi connectivity index (χ1n) is 21.7. The number of aromatic amines is 1. The van der Waals surface area contributed by atoms with Crippen LogP contribution < -0.4 is 42.5 Å². The number of pyridine rings is 1. The number of aryl methyl sites for hydroxylation is 4. The molecular formula is C44H62N10O10S. The Labute approximate surface area is 378 Å². The summed E-state index contributed by atoms with van der Waals surface area (Å²) in [7, 11) is -4.33. The minimum atomic E-state index is -4.33. The minimum Gasteiger partial charge on any atom is -0.480 e. The maximum Gasteiger partial charge on any atom is 0.323 e. The van der Waals surface area contributed by atoms with Crippen molar-refractivity contribution < 1.29 is 42.2 Å². The standard InChI is InChI=1S/C44H62N10O10S/c1-5-9-34(45)42(59)48-16-8-21-64-20-7-15-47-38(56)13-12-37(55)46-14-6-19-54-27-33(39(57)32-11-10-31(24-36(32)54)25-52-44-49-17-18-50-44)41(58)51-26-35(43(60)61)53-65(62,63)40-29(3)22-28(2)23-30(40)4/h10-11,17-18,22-24,27,34-35,53H,5-9,12-16,19-21,25-26,45H2,1-4H3,(H,46,55)(H,47,56)(H,48,59)(H,51,58)(H,60,61)(H2,49,50,52)/t34-,35-/m0/s1. The molecule has 10 N–H and O–H groups in total. The summed E-state index contributed by atoms with van der Waals surface area (Å²) in [4.78, 5) is 83.4. The molecule has 2 heterocycles. The van der Waals surface area contributed by atoms with Crippen LogP contribution in [0.2, 0.25) is 0 Å². The van der Waals surface area contributed by atoms with Gasteiger partial charge in [-0.05, 0) is 75.3 Å². The van der Waals surface area contributed by atoms with Gasteiger partial charge >= 0.3 is 5.97 Å². The van der Waals surface area contributed by atoms with Gasteiger partial charge in [-0.1, -0.05) is 37.1 Å². The van der Waals surface area contributed by atoms with E-state index in [4.69, 9.17) is 10.5 Å². The fourth-order valence-corrected chi connectivity index (χ4v) is 8.73. The molecule has 0 aliphatic rings. The Morgan fingerprint density at radius 2 is 1.55 bits per heavy atom. The van der Waals surface area contributed by atoms with E-state index < -0.39 is 46.0 Å². The van der Waals surface area contributed by atoms with Crippen LogP contribution >= 0.6 is 0 Å². The number of carbonyl (C=O) groups excluding carboxylic acids is 4. The Balaban J connectivity index is 1.31. The SMILES string of the molecule is CCC[C@H](N)C(=O)NCCCOCCCNC(=O)CCC(=O)NCCCn1cc(C(=O)NC[C@H](NS(=O)(=O)c2c(C)cc(C)cc2C)C(=O)O)c(=O)c2ccc(CNc3ncc[nH]3)cc21. The van der Waals surface area contributed by atoms with Crippen molar-refractivity contribution in [1.29, 1.82) is 0 Å². The maximum atomic E-state index is 13.8. The number of nitrogens with zero attached hydrogens (tertiary/aromatic N) is 2. The molecule has 2 atom stereocenters. The molecule has 0 unspecified atom stereocenters. The van der Waals surface area contributed by atoms with E-state index in [1.54, 1.807) is 61.1 Å². The van der Waals surface area contributed by atoms with Crippen molar-refractivity contribution in [2.45, 2.75) is 103 Å². The Hall–Kier alpha value is -6.16. The van der Waals surface area contributed by atoms with Crippen LogP contribution in [0.5, 0.6) is 0 Å². The van der Waals surface area contributed by atoms with E-state index >= 15 is 0 Å². The molecule has 21 heteroatoms. The smallest absolute Gasteiger partial charge is 0.323 e. The summed E-state index contributed by atoms with van der Waals surface area (Å²) in [5.41, 5.74) is 7.84. The van der Waals surface area contributed by atoms with Crippen LogP contribution in [0.25, 0.3) is 10.9 Å². The van der Waals surface area contributed by atoms with Gasteiger partial charge in [-0.25, -0.2) is 13.4 Å². The van der Waals surface area contributed by atoms with Gasteiger partial charge in [0, 0.05) is 89.3 Å². The minimum absolute atomic E-state index is 0.0143. The zero-order valence-corrected chi connectivity index (χ0v) is 38.2. The number of imidazole rings is 1. The third-order valence-electron chi connectivity index (χ3n) is 10.3. The average Bonchev–Trinajstić information content (AvgIpc) is 3.78. The number of anilines is 1. The van der Waals surface area contributed by atoms with Crippen molar-refractivity contribution >= 4 is 56.5 Å². The average molecular weight is 923 g/mol. The van der Waals surface area contributed by atoms with Crippen molar-refractivity contribution in [3.63, 3.8) is 0 Å². The number of carbonyl (C=O) groups is 5. The third-order valence-corrected chi connectivity index (χ3v) is 12.0. The molecule has 0 aliphatic heterocycles. The summed E-state index contributed by atoms with van der Waals surface area (Å²) in [5.74, 6) is -2.69. The highest BCUT2D eigenvalue weighted by atomic mass is 32.2. The molecule has 2 aromatic carbocycles. The molecule has 0 saturated heterocycles. The summed E-state index contributed by atoms with van der Waals surface area (Å²) in [6.45, 7) is 8.85. The predicted molar refractivity (Wildman–Crippen MR) is 245 cm³/mol. The van der Waals surface area contributed by atoms with E-state index in [2.05, 4.69) is 41.3 Å². The summed E-state index contributed by atoms with van der Waals surface area (Å²) in [5, 5.41) is 24.1. The van der Waals surface area contributed by atoms with Gasteiger partial charge in [0.25, 0.3) is 5.91 Å². The summed E-state index contributed by atoms with van der Waals surface area (Å²) in [6.07, 6.45) is 7.62. The van der Waals surface area contributed by atoms with Crippen molar-refractivity contribution in [1.82, 2.24) is 40.5 Å². The molecule has 0 spiro atoms. The second-order valence-electron chi connectivity index (χ2n) is 15.7. The number of carboxylic acid groups (broad SMARTS) is 1. The van der Waals surface area contributed by atoms with Crippen LogP contribution in [0.15, 0.2) is 58.6 Å². The molecule has 0 saturated carbocycles. The van der Waals surface area contributed by atoms with Gasteiger partial charge in [0.2, 0.25) is 33.2 Å². The first-order valence-corrected chi connectivity index (χ1v) is 23.1. The van der Waals surface area contributed by atoms with Gasteiger partial charge in [-0.15, -0.1) is 0 Å². The number of aliphatic carboxylic acids is 1. The molecule has 0 aliphatic carbocycles. The highest BCUT2D eigenvalue weighted by Gasteiger charge is 2.29. The molecular weight excluding hydrogens is 861 g/mol. The lowest BCUT2D eigenvalue weighted by Crippen LogP contribution is -2.49. The Kier molecular flexibility index (Phi) is 20.1. The molecule has 20 nitrogen and oxygen atoms in total. The summed E-state index contributed by atoms with van der Waals surface area (Å²) < 4.78 is 36.1. The maximum absolute atomic E-state index is 13.8. The molecule has 65 heavy (non-hydrogen) atoms. The summed E-state index contributed by atoms with van der Waals surface area (Å²) in [6, 6.07) is 6.16. The number of hydrogen-bond donors (Lipinski definition) is 9. The van der Waals surface area contributed by atoms with Gasteiger partial charge in [0.05, 0.1) is 16.5 Å². The molecule has 354 valence electrons. The van der Waals surface area contributed by atoms with Crippen LogP contribution in [0, 0.1) is 20.8 Å². The van der Waals surface area contributed by atoms with Crippen LogP contribution in [-0.2, 0) is 47.0 Å². The van der Waals surface area contributed by atoms with E-state index in [-0.39, 0.29) is 59.5 Å². The normalized spacial score (nSPS) is 12.3. The van der Waals surface area contributed by atoms with E-state index in [0.717, 1.165) is 17.5 Å². The Morgan fingerprint density at radius 3 is 2.17 bits per heavy atom.